The van der Waals surface area contributed by atoms with Crippen LogP contribution in [0.2, 0.25) is 0 Å². The fraction of sp³-hybridized carbons (Fsp3) is 0.125. The molecule has 0 fully saturated rings. The van der Waals surface area contributed by atoms with Gasteiger partial charge in [-0.3, -0.25) is 0 Å². The highest BCUT2D eigenvalue weighted by atomic mass is 19.4. The maximum atomic E-state index is 12.3. The number of aryl methyl sites for hydroxylation is 2. The average Bonchev–Trinajstić information content (AvgIpc) is 3.19. The number of hydrogen-bond acceptors (Lipinski definition) is 4. The van der Waals surface area contributed by atoms with Crippen molar-refractivity contribution in [1.82, 2.24) is 15.2 Å². The zero-order valence-corrected chi connectivity index (χ0v) is 18.2. The Morgan fingerprint density at radius 1 is 1.06 bits per heavy atom. The summed E-state index contributed by atoms with van der Waals surface area (Å²) in [4.78, 5) is 12.2. The van der Waals surface area contributed by atoms with Crippen molar-refractivity contribution in [2.75, 3.05) is 5.32 Å². The monoisotopic (exact) mass is 467 g/mol. The first-order valence-electron chi connectivity index (χ1n) is 10.2. The van der Waals surface area contributed by atoms with Gasteiger partial charge in [-0.15, -0.1) is 13.2 Å². The van der Waals surface area contributed by atoms with E-state index in [1.165, 1.54) is 30.5 Å². The van der Waals surface area contributed by atoms with E-state index in [-0.39, 0.29) is 5.75 Å². The number of hydrogen-bond donors (Lipinski definition) is 2. The molecule has 0 spiro atoms. The molecule has 0 bridgehead atoms. The zero-order valence-electron chi connectivity index (χ0n) is 18.2. The summed E-state index contributed by atoms with van der Waals surface area (Å²) in [5.74, 6) is -0.305. The van der Waals surface area contributed by atoms with E-state index in [1.54, 1.807) is 23.0 Å². The normalized spacial score (nSPS) is 11.7. The number of nitrogens with one attached hydrogen (secondary N) is 2. The molecule has 174 valence electrons. The van der Waals surface area contributed by atoms with Crippen molar-refractivity contribution in [3.8, 4) is 11.4 Å². The number of ether oxygens (including phenoxy) is 1. The number of nitrogens with zero attached hydrogens (tertiary/aromatic N) is 3. The molecule has 1 heterocycles. The Morgan fingerprint density at radius 2 is 1.76 bits per heavy atom. The van der Waals surface area contributed by atoms with Crippen LogP contribution < -0.4 is 15.5 Å². The fourth-order valence-corrected chi connectivity index (χ4v) is 3.38. The number of carbonyl (C=O) groups is 1. The maximum Gasteiger partial charge on any atom is 0.573 e. The highest BCUT2D eigenvalue weighted by Crippen LogP contribution is 2.24. The third-order valence-electron chi connectivity index (χ3n) is 4.96. The van der Waals surface area contributed by atoms with E-state index in [0.29, 0.717) is 11.2 Å². The average molecular weight is 467 g/mol. The fourth-order valence-electron chi connectivity index (χ4n) is 3.38. The molecule has 0 saturated carbocycles. The molecule has 10 heteroatoms. The van der Waals surface area contributed by atoms with Crippen molar-refractivity contribution in [2.24, 2.45) is 5.10 Å². The summed E-state index contributed by atoms with van der Waals surface area (Å²) in [6, 6.07) is 16.1. The number of anilines is 1. The van der Waals surface area contributed by atoms with E-state index < -0.39 is 12.4 Å². The predicted molar refractivity (Wildman–Crippen MR) is 123 cm³/mol. The van der Waals surface area contributed by atoms with Gasteiger partial charge in [-0.2, -0.15) is 10.2 Å². The van der Waals surface area contributed by atoms with Crippen LogP contribution in [0.5, 0.6) is 5.75 Å². The summed E-state index contributed by atoms with van der Waals surface area (Å²) in [7, 11) is 0. The molecule has 0 aliphatic carbocycles. The van der Waals surface area contributed by atoms with Gasteiger partial charge in [-0.05, 0) is 66.9 Å². The summed E-state index contributed by atoms with van der Waals surface area (Å²) in [5.41, 5.74) is 7.07. The van der Waals surface area contributed by atoms with Crippen molar-refractivity contribution in [2.45, 2.75) is 20.2 Å². The van der Waals surface area contributed by atoms with Crippen LogP contribution >= 0.6 is 0 Å². The third kappa shape index (κ3) is 5.52. The minimum atomic E-state index is -4.74. The number of carbonyl (C=O) groups excluding carboxylic acids is 1. The van der Waals surface area contributed by atoms with Crippen LogP contribution in [0.15, 0.2) is 72.0 Å². The van der Waals surface area contributed by atoms with E-state index in [9.17, 15) is 18.0 Å². The molecule has 7 nitrogen and oxygen atoms in total. The van der Waals surface area contributed by atoms with Gasteiger partial charge in [-0.25, -0.2) is 14.9 Å². The number of urea groups is 1. The van der Waals surface area contributed by atoms with E-state index in [0.717, 1.165) is 27.8 Å². The Morgan fingerprint density at radius 3 is 2.44 bits per heavy atom. The number of benzene rings is 3. The zero-order chi connectivity index (χ0) is 24.3. The van der Waals surface area contributed by atoms with Crippen LogP contribution in [0.3, 0.4) is 0 Å². The number of aromatic nitrogens is 2. The number of rotatable bonds is 5. The number of para-hydroxylation sites is 1. The Labute approximate surface area is 192 Å². The molecule has 0 unspecified atom stereocenters. The summed E-state index contributed by atoms with van der Waals surface area (Å²) in [6.07, 6.45) is -1.49. The first-order valence-corrected chi connectivity index (χ1v) is 10.2. The molecule has 0 aliphatic heterocycles. The van der Waals surface area contributed by atoms with Gasteiger partial charge in [0.15, 0.2) is 0 Å². The molecule has 2 N–H and O–H groups in total. The number of halogens is 3. The Balaban J connectivity index is 1.43. The molecular weight excluding hydrogens is 447 g/mol. The lowest BCUT2D eigenvalue weighted by Crippen LogP contribution is -2.25. The summed E-state index contributed by atoms with van der Waals surface area (Å²) in [5, 5.41) is 12.0. The number of amides is 2. The van der Waals surface area contributed by atoms with Gasteiger partial charge < -0.3 is 10.1 Å². The lowest BCUT2D eigenvalue weighted by atomic mass is 10.1. The molecule has 0 saturated heterocycles. The number of hydrazone groups is 1. The van der Waals surface area contributed by atoms with Crippen molar-refractivity contribution >= 4 is 28.8 Å². The molecule has 0 radical (unpaired) electrons. The van der Waals surface area contributed by atoms with Crippen molar-refractivity contribution in [1.29, 1.82) is 0 Å². The van der Waals surface area contributed by atoms with Crippen LogP contribution in [-0.4, -0.2) is 28.4 Å². The van der Waals surface area contributed by atoms with Crippen LogP contribution in [0, 0.1) is 13.8 Å². The minimum Gasteiger partial charge on any atom is -0.406 e. The quantitative estimate of drug-likeness (QED) is 0.292. The molecule has 34 heavy (non-hydrogen) atoms. The SMILES string of the molecule is Cc1cccc(C)c1NC(=O)N/N=C/c1ccc2nn(-c3ccc(OC(F)(F)F)cc3)cc2c1. The maximum absolute atomic E-state index is 12.3. The highest BCUT2D eigenvalue weighted by molar-refractivity contribution is 5.93. The standard InChI is InChI=1S/C24H20F3N5O2/c1-15-4-3-5-16(2)22(15)29-23(33)30-28-13-17-6-11-21-18(12-17)14-32(31-21)19-7-9-20(10-8-19)34-24(25,26)27/h3-14H,1-2H3,(H2,29,30,33)/b28-13+. The van der Waals surface area contributed by atoms with Crippen molar-refractivity contribution in [3.63, 3.8) is 0 Å². The van der Waals surface area contributed by atoms with Gasteiger partial charge in [0.1, 0.15) is 5.75 Å². The van der Waals surface area contributed by atoms with Crippen molar-refractivity contribution in [3.05, 3.63) is 83.6 Å². The van der Waals surface area contributed by atoms with E-state index in [4.69, 9.17) is 0 Å². The lowest BCUT2D eigenvalue weighted by molar-refractivity contribution is -0.274. The van der Waals surface area contributed by atoms with Crippen LogP contribution in [0.4, 0.5) is 23.7 Å². The predicted octanol–water partition coefficient (Wildman–Crippen LogP) is 5.70. The van der Waals surface area contributed by atoms with Gasteiger partial charge in [0.2, 0.25) is 0 Å². The molecule has 0 atom stereocenters. The van der Waals surface area contributed by atoms with Gasteiger partial charge in [0.05, 0.1) is 17.4 Å². The molecule has 3 aromatic carbocycles. The smallest absolute Gasteiger partial charge is 0.406 e. The second kappa shape index (κ2) is 9.26. The van der Waals surface area contributed by atoms with E-state index in [1.807, 2.05) is 38.1 Å². The van der Waals surface area contributed by atoms with Gasteiger partial charge in [-0.1, -0.05) is 24.3 Å². The molecule has 4 aromatic rings. The second-order valence-corrected chi connectivity index (χ2v) is 7.52. The first-order chi connectivity index (χ1) is 16.2. The van der Waals surface area contributed by atoms with Crippen LogP contribution in [-0.2, 0) is 0 Å². The molecule has 0 aliphatic rings. The van der Waals surface area contributed by atoms with Gasteiger partial charge in [0.25, 0.3) is 0 Å². The third-order valence-corrected chi connectivity index (χ3v) is 4.96. The van der Waals surface area contributed by atoms with Gasteiger partial charge in [0, 0.05) is 17.3 Å². The molecule has 4 rings (SSSR count). The minimum absolute atomic E-state index is 0.305. The molecular formula is C24H20F3N5O2. The summed E-state index contributed by atoms with van der Waals surface area (Å²) in [6.45, 7) is 3.82. The van der Waals surface area contributed by atoms with Crippen LogP contribution in [0.25, 0.3) is 16.6 Å². The Hall–Kier alpha value is -4.34. The Bertz CT molecular complexity index is 1340. The largest absolute Gasteiger partial charge is 0.573 e. The summed E-state index contributed by atoms with van der Waals surface area (Å²) < 4.78 is 42.4. The number of fused-ring (bicyclic) bond motifs is 1. The lowest BCUT2D eigenvalue weighted by Gasteiger charge is -2.10. The topological polar surface area (TPSA) is 80.5 Å². The van der Waals surface area contributed by atoms with Crippen LogP contribution in [0.1, 0.15) is 16.7 Å². The van der Waals surface area contributed by atoms with E-state index >= 15 is 0 Å². The molecule has 1 aromatic heterocycles. The number of alkyl halides is 3. The highest BCUT2D eigenvalue weighted by Gasteiger charge is 2.31. The summed E-state index contributed by atoms with van der Waals surface area (Å²) >= 11 is 0. The van der Waals surface area contributed by atoms with Gasteiger partial charge >= 0.3 is 12.4 Å². The Kier molecular flexibility index (Phi) is 6.22. The first kappa shape index (κ1) is 22.8. The van der Waals surface area contributed by atoms with E-state index in [2.05, 4.69) is 25.7 Å². The molecule has 2 amide bonds. The second-order valence-electron chi connectivity index (χ2n) is 7.52. The van der Waals surface area contributed by atoms with Crippen molar-refractivity contribution < 1.29 is 22.7 Å².